The summed E-state index contributed by atoms with van der Waals surface area (Å²) in [5, 5.41) is 2.53. The molecule has 1 aliphatic heterocycles. The second kappa shape index (κ2) is 7.48. The number of nitrogens with zero attached hydrogens (tertiary/aromatic N) is 1. The molecule has 1 heterocycles. The second-order valence-corrected chi connectivity index (χ2v) is 5.87. The zero-order valence-electron chi connectivity index (χ0n) is 13.7. The van der Waals surface area contributed by atoms with E-state index in [-0.39, 0.29) is 24.2 Å². The number of carbonyl (C=O) groups excluding carboxylic acids is 1. The fourth-order valence-corrected chi connectivity index (χ4v) is 2.58. The highest BCUT2D eigenvalue weighted by Crippen LogP contribution is 2.30. The highest BCUT2D eigenvalue weighted by molar-refractivity contribution is 5.92. The van der Waals surface area contributed by atoms with Crippen LogP contribution in [0.25, 0.3) is 0 Å². The minimum atomic E-state index is -1.00. The van der Waals surface area contributed by atoms with E-state index >= 15 is 0 Å². The van der Waals surface area contributed by atoms with Gasteiger partial charge in [-0.1, -0.05) is 12.1 Å². The fraction of sp³-hybridized carbons (Fsp3) is 0.278. The molecule has 25 heavy (non-hydrogen) atoms. The van der Waals surface area contributed by atoms with Crippen LogP contribution in [0.4, 0.5) is 14.5 Å². The van der Waals surface area contributed by atoms with Crippen LogP contribution in [-0.2, 0) is 4.79 Å². The molecular weight excluding hydrogens is 330 g/mol. The van der Waals surface area contributed by atoms with Gasteiger partial charge in [0.05, 0.1) is 6.54 Å². The molecular formula is C18H18F2N2O3. The first-order chi connectivity index (χ1) is 12.0. The third kappa shape index (κ3) is 4.45. The molecule has 0 aromatic heterocycles. The molecule has 1 aliphatic rings. The van der Waals surface area contributed by atoms with Gasteiger partial charge in [0.15, 0.2) is 23.1 Å². The van der Waals surface area contributed by atoms with Crippen molar-refractivity contribution < 1.29 is 23.0 Å². The van der Waals surface area contributed by atoms with Crippen LogP contribution < -0.4 is 14.8 Å². The summed E-state index contributed by atoms with van der Waals surface area (Å²) in [6.45, 7) is 0.964. The molecule has 0 saturated carbocycles. The van der Waals surface area contributed by atoms with E-state index in [1.165, 1.54) is 6.07 Å². The Morgan fingerprint density at radius 1 is 1.20 bits per heavy atom. The summed E-state index contributed by atoms with van der Waals surface area (Å²) in [5.41, 5.74) is 0.212. The highest BCUT2D eigenvalue weighted by atomic mass is 19.2. The van der Waals surface area contributed by atoms with E-state index in [0.717, 1.165) is 12.1 Å². The van der Waals surface area contributed by atoms with Gasteiger partial charge in [-0.3, -0.25) is 9.69 Å². The first-order valence-electron chi connectivity index (χ1n) is 7.83. The van der Waals surface area contributed by atoms with Crippen molar-refractivity contribution in [3.05, 3.63) is 54.1 Å². The Morgan fingerprint density at radius 3 is 2.72 bits per heavy atom. The van der Waals surface area contributed by atoms with E-state index in [4.69, 9.17) is 9.47 Å². The van der Waals surface area contributed by atoms with Crippen LogP contribution in [0.3, 0.4) is 0 Å². The number of ether oxygens (including phenoxy) is 2. The van der Waals surface area contributed by atoms with Crippen molar-refractivity contribution in [3.63, 3.8) is 0 Å². The van der Waals surface area contributed by atoms with Gasteiger partial charge in [-0.05, 0) is 31.3 Å². The van der Waals surface area contributed by atoms with Crippen LogP contribution in [0, 0.1) is 11.6 Å². The lowest BCUT2D eigenvalue weighted by molar-refractivity contribution is -0.117. The number of rotatable bonds is 5. The van der Waals surface area contributed by atoms with Crippen LogP contribution in [-0.4, -0.2) is 43.7 Å². The zero-order chi connectivity index (χ0) is 17.8. The lowest BCUT2D eigenvalue weighted by Gasteiger charge is -2.29. The normalized spacial score (nSPS) is 15.9. The number of hydrogen-bond donors (Lipinski definition) is 1. The number of carbonyl (C=O) groups is 1. The van der Waals surface area contributed by atoms with Gasteiger partial charge in [0.25, 0.3) is 0 Å². The molecule has 132 valence electrons. The van der Waals surface area contributed by atoms with Crippen molar-refractivity contribution >= 4 is 11.6 Å². The summed E-state index contributed by atoms with van der Waals surface area (Å²) in [5.74, 6) is -0.899. The van der Waals surface area contributed by atoms with Crippen LogP contribution in [0.1, 0.15) is 0 Å². The van der Waals surface area contributed by atoms with E-state index in [0.29, 0.717) is 24.7 Å². The molecule has 0 bridgehead atoms. The molecule has 0 fully saturated rings. The van der Waals surface area contributed by atoms with Gasteiger partial charge in [-0.25, -0.2) is 8.78 Å². The van der Waals surface area contributed by atoms with Crippen molar-refractivity contribution in [1.29, 1.82) is 0 Å². The van der Waals surface area contributed by atoms with E-state index in [1.807, 2.05) is 24.3 Å². The second-order valence-electron chi connectivity index (χ2n) is 5.87. The Labute approximate surface area is 144 Å². The van der Waals surface area contributed by atoms with E-state index in [1.54, 1.807) is 11.9 Å². The maximum atomic E-state index is 13.2. The van der Waals surface area contributed by atoms with Crippen molar-refractivity contribution in [1.82, 2.24) is 4.90 Å². The summed E-state index contributed by atoms with van der Waals surface area (Å²) >= 11 is 0. The number of benzene rings is 2. The van der Waals surface area contributed by atoms with Gasteiger partial charge in [0.2, 0.25) is 5.91 Å². The summed E-state index contributed by atoms with van der Waals surface area (Å²) in [4.78, 5) is 13.8. The summed E-state index contributed by atoms with van der Waals surface area (Å²) in [7, 11) is 1.77. The number of likely N-dealkylation sites (N-methyl/N-ethyl adjacent to an activating group) is 1. The van der Waals surface area contributed by atoms with Gasteiger partial charge < -0.3 is 14.8 Å². The fourth-order valence-electron chi connectivity index (χ4n) is 2.58. The quantitative estimate of drug-likeness (QED) is 0.903. The van der Waals surface area contributed by atoms with Crippen molar-refractivity contribution in [2.75, 3.05) is 32.1 Å². The number of nitrogens with one attached hydrogen (secondary N) is 1. The molecule has 2 aromatic rings. The lowest BCUT2D eigenvalue weighted by atomic mass is 10.2. The number of hydrogen-bond acceptors (Lipinski definition) is 4. The first kappa shape index (κ1) is 17.2. The Bertz CT molecular complexity index is 770. The predicted molar refractivity (Wildman–Crippen MR) is 88.8 cm³/mol. The van der Waals surface area contributed by atoms with E-state index < -0.39 is 11.6 Å². The maximum absolute atomic E-state index is 13.2. The monoisotopic (exact) mass is 348 g/mol. The number of amides is 1. The highest BCUT2D eigenvalue weighted by Gasteiger charge is 2.22. The SMILES string of the molecule is CN(CC(=O)Nc1ccc(F)c(F)c1)CC1COc2ccccc2O1. The molecule has 1 atom stereocenters. The number of anilines is 1. The average molecular weight is 348 g/mol. The standard InChI is InChI=1S/C18H18F2N2O3/c1-22(9-13-11-24-16-4-2-3-5-17(16)25-13)10-18(23)21-12-6-7-14(19)15(20)8-12/h2-8,13H,9-11H2,1H3,(H,21,23). The Balaban J connectivity index is 1.50. The molecule has 0 aliphatic carbocycles. The van der Waals surface area contributed by atoms with E-state index in [9.17, 15) is 13.6 Å². The van der Waals surface area contributed by atoms with Gasteiger partial charge in [-0.2, -0.15) is 0 Å². The van der Waals surface area contributed by atoms with Gasteiger partial charge in [-0.15, -0.1) is 0 Å². The smallest absolute Gasteiger partial charge is 0.238 e. The molecule has 0 spiro atoms. The largest absolute Gasteiger partial charge is 0.486 e. The Hall–Kier alpha value is -2.67. The topological polar surface area (TPSA) is 50.8 Å². The molecule has 7 heteroatoms. The molecule has 0 saturated heterocycles. The average Bonchev–Trinajstić information content (AvgIpc) is 2.58. The molecule has 3 rings (SSSR count). The van der Waals surface area contributed by atoms with Crippen molar-refractivity contribution in [2.45, 2.75) is 6.10 Å². The molecule has 1 unspecified atom stereocenters. The molecule has 5 nitrogen and oxygen atoms in total. The van der Waals surface area contributed by atoms with Crippen molar-refractivity contribution in [2.24, 2.45) is 0 Å². The van der Waals surface area contributed by atoms with Crippen LogP contribution in [0.5, 0.6) is 11.5 Å². The third-order valence-electron chi connectivity index (χ3n) is 3.70. The Kier molecular flexibility index (Phi) is 5.14. The summed E-state index contributed by atoms with van der Waals surface area (Å²) in [6.07, 6.45) is -0.198. The lowest BCUT2D eigenvalue weighted by Crippen LogP contribution is -2.42. The van der Waals surface area contributed by atoms with Crippen LogP contribution in [0.2, 0.25) is 0 Å². The number of fused-ring (bicyclic) bond motifs is 1. The molecule has 1 amide bonds. The molecule has 1 N–H and O–H groups in total. The third-order valence-corrected chi connectivity index (χ3v) is 3.70. The van der Waals surface area contributed by atoms with E-state index in [2.05, 4.69) is 5.32 Å². The predicted octanol–water partition coefficient (Wildman–Crippen LogP) is 2.68. The molecule has 0 radical (unpaired) electrons. The van der Waals surface area contributed by atoms with Gasteiger partial charge >= 0.3 is 0 Å². The summed E-state index contributed by atoms with van der Waals surface area (Å²) in [6, 6.07) is 10.6. The zero-order valence-corrected chi connectivity index (χ0v) is 13.7. The molecule has 2 aromatic carbocycles. The van der Waals surface area contributed by atoms with Crippen LogP contribution in [0.15, 0.2) is 42.5 Å². The minimum Gasteiger partial charge on any atom is -0.486 e. The number of halogens is 2. The minimum absolute atomic E-state index is 0.0838. The first-order valence-corrected chi connectivity index (χ1v) is 7.83. The van der Waals surface area contributed by atoms with Gasteiger partial charge in [0, 0.05) is 18.3 Å². The van der Waals surface area contributed by atoms with Crippen molar-refractivity contribution in [3.8, 4) is 11.5 Å². The Morgan fingerprint density at radius 2 is 1.96 bits per heavy atom. The number of para-hydroxylation sites is 2. The summed E-state index contributed by atoms with van der Waals surface area (Å²) < 4.78 is 37.5. The van der Waals surface area contributed by atoms with Crippen LogP contribution >= 0.6 is 0 Å². The maximum Gasteiger partial charge on any atom is 0.238 e. The van der Waals surface area contributed by atoms with Gasteiger partial charge in [0.1, 0.15) is 12.7 Å².